The van der Waals surface area contributed by atoms with Crippen LogP contribution < -0.4 is 24.8 Å². The predicted octanol–water partition coefficient (Wildman–Crippen LogP) is 0.121. The molecular weight excluding hydrogens is 398 g/mol. The first-order chi connectivity index (χ1) is 15.1. The lowest BCUT2D eigenvalue weighted by Gasteiger charge is -2.27. The maximum absolute atomic E-state index is 12.8. The van der Waals surface area contributed by atoms with Gasteiger partial charge in [0, 0.05) is 17.5 Å². The number of nitrogens with one attached hydrogen (secondary N) is 4. The molecule has 1 amide bonds. The maximum Gasteiger partial charge on any atom is 0.356 e. The number of ether oxygens (including phenoxy) is 2. The average molecular weight is 425 g/mol. The molecule has 3 aromatic rings. The van der Waals surface area contributed by atoms with E-state index < -0.39 is 5.97 Å². The number of nitrogens with zero attached hydrogens (tertiary/aromatic N) is 1. The lowest BCUT2D eigenvalue weighted by Crippen LogP contribution is -3.15. The number of esters is 1. The van der Waals surface area contributed by atoms with Crippen LogP contribution in [0.3, 0.4) is 0 Å². The number of fused-ring (bicyclic) bond motifs is 1. The molecule has 0 radical (unpaired) electrons. The topological polar surface area (TPSA) is 102 Å². The van der Waals surface area contributed by atoms with Crippen molar-refractivity contribution < 1.29 is 28.9 Å². The Morgan fingerprint density at radius 3 is 2.68 bits per heavy atom. The van der Waals surface area contributed by atoms with Gasteiger partial charge in [0.2, 0.25) is 0 Å². The minimum absolute atomic E-state index is 0.142. The number of amides is 1. The molecule has 0 unspecified atom stereocenters. The van der Waals surface area contributed by atoms with Crippen molar-refractivity contribution in [2.24, 2.45) is 0 Å². The van der Waals surface area contributed by atoms with Gasteiger partial charge >= 0.3 is 5.97 Å². The van der Waals surface area contributed by atoms with Crippen molar-refractivity contribution in [2.45, 2.75) is 0 Å². The molecule has 1 aliphatic rings. The van der Waals surface area contributed by atoms with Gasteiger partial charge in [0.1, 0.15) is 37.6 Å². The number of benzene rings is 1. The van der Waals surface area contributed by atoms with E-state index in [0.717, 1.165) is 37.4 Å². The first kappa shape index (κ1) is 20.7. The molecule has 9 heteroatoms. The van der Waals surface area contributed by atoms with Crippen molar-refractivity contribution in [1.29, 1.82) is 0 Å². The summed E-state index contributed by atoms with van der Waals surface area (Å²) in [7, 11) is 2.89. The van der Waals surface area contributed by atoms with Crippen molar-refractivity contribution in [1.82, 2.24) is 4.98 Å². The summed E-state index contributed by atoms with van der Waals surface area (Å²) in [5.74, 6) is 1.06. The van der Waals surface area contributed by atoms with Crippen LogP contribution in [0.2, 0.25) is 0 Å². The Morgan fingerprint density at radius 2 is 2.00 bits per heavy atom. The van der Waals surface area contributed by atoms with Gasteiger partial charge in [-0.3, -0.25) is 9.69 Å². The summed E-state index contributed by atoms with van der Waals surface area (Å²) in [6, 6.07) is 11.4. The Morgan fingerprint density at radius 1 is 1.19 bits per heavy atom. The molecule has 1 saturated heterocycles. The quantitative estimate of drug-likeness (QED) is 0.487. The fourth-order valence-corrected chi connectivity index (χ4v) is 3.92. The van der Waals surface area contributed by atoms with E-state index in [9.17, 15) is 9.59 Å². The number of hydrogen-bond acceptors (Lipinski definition) is 5. The van der Waals surface area contributed by atoms with E-state index in [1.807, 2.05) is 24.4 Å². The van der Waals surface area contributed by atoms with Gasteiger partial charge in [-0.05, 0) is 18.2 Å². The minimum atomic E-state index is -0.537. The van der Waals surface area contributed by atoms with Gasteiger partial charge in [-0.2, -0.15) is 0 Å². The summed E-state index contributed by atoms with van der Waals surface area (Å²) >= 11 is 0. The first-order valence-corrected chi connectivity index (χ1v) is 10.2. The zero-order chi connectivity index (χ0) is 21.8. The molecule has 1 aliphatic heterocycles. The van der Waals surface area contributed by atoms with Crippen molar-refractivity contribution in [3.63, 3.8) is 0 Å². The number of rotatable bonds is 6. The zero-order valence-corrected chi connectivity index (χ0v) is 17.7. The summed E-state index contributed by atoms with van der Waals surface area (Å²) in [6.07, 6.45) is 1.91. The molecule has 0 saturated carbocycles. The summed E-state index contributed by atoms with van der Waals surface area (Å²) in [6.45, 7) is 3.76. The Bertz CT molecular complexity index is 1070. The lowest BCUT2D eigenvalue weighted by molar-refractivity contribution is -0.892. The molecule has 0 aliphatic carbocycles. The van der Waals surface area contributed by atoms with Gasteiger partial charge in [-0.15, -0.1) is 0 Å². The number of piperazine rings is 1. The van der Waals surface area contributed by atoms with Crippen LogP contribution >= 0.6 is 0 Å². The second kappa shape index (κ2) is 9.05. The van der Waals surface area contributed by atoms with Crippen LogP contribution in [0, 0.1) is 0 Å². The average Bonchev–Trinajstić information content (AvgIpc) is 3.16. The number of anilines is 2. The van der Waals surface area contributed by atoms with Gasteiger partial charge in [0.25, 0.3) is 11.7 Å². The van der Waals surface area contributed by atoms with E-state index in [0.29, 0.717) is 23.5 Å². The van der Waals surface area contributed by atoms with Gasteiger partial charge in [-0.1, -0.05) is 6.07 Å². The molecule has 2 aromatic heterocycles. The number of pyridine rings is 1. The van der Waals surface area contributed by atoms with Crippen LogP contribution in [0.5, 0.6) is 5.75 Å². The van der Waals surface area contributed by atoms with E-state index in [2.05, 4.69) is 26.3 Å². The molecule has 4 rings (SSSR count). The number of quaternary nitrogens is 1. The molecule has 31 heavy (non-hydrogen) atoms. The molecule has 9 nitrogen and oxygen atoms in total. The molecule has 0 atom stereocenters. The van der Waals surface area contributed by atoms with Crippen LogP contribution in [0.15, 0.2) is 42.6 Å². The Labute approximate surface area is 179 Å². The standard InChI is InChI=1S/C22H25N5O4/c1-30-15-6-7-16-17(13-15)24-21(22(29)31-2)20(16)25-19(28)14-26-9-11-27(12-10-26)18-5-3-4-8-23-18/h3-8,13,24H,9-12,14H2,1-2H3,(H,25,28)/p+2. The monoisotopic (exact) mass is 425 g/mol. The summed E-state index contributed by atoms with van der Waals surface area (Å²) in [4.78, 5) is 34.8. The number of hydrogen-bond donors (Lipinski definition) is 3. The SMILES string of the molecule is COC(=O)c1[nH]c2cc(OC)ccc2c1NC(=O)C[NH+]1CCN(c2cccc[nH+]2)CC1. The number of methoxy groups -OCH3 is 2. The number of carbonyl (C=O) groups is 2. The normalized spacial score (nSPS) is 14.5. The van der Waals surface area contributed by atoms with E-state index in [-0.39, 0.29) is 11.6 Å². The van der Waals surface area contributed by atoms with Crippen LogP contribution in [-0.2, 0) is 9.53 Å². The van der Waals surface area contributed by atoms with Gasteiger partial charge < -0.3 is 24.7 Å². The molecule has 0 bridgehead atoms. The third-order valence-electron chi connectivity index (χ3n) is 5.57. The fraction of sp³-hybridized carbons (Fsp3) is 0.318. The Hall–Kier alpha value is -3.59. The second-order valence-electron chi connectivity index (χ2n) is 7.49. The molecule has 1 fully saturated rings. The van der Waals surface area contributed by atoms with Crippen molar-refractivity contribution >= 4 is 34.3 Å². The summed E-state index contributed by atoms with van der Waals surface area (Å²) < 4.78 is 10.1. The number of H-pyrrole nitrogens is 2. The highest BCUT2D eigenvalue weighted by atomic mass is 16.5. The Balaban J connectivity index is 1.44. The highest BCUT2D eigenvalue weighted by Crippen LogP contribution is 2.31. The van der Waals surface area contributed by atoms with Crippen molar-refractivity contribution in [2.75, 3.05) is 57.2 Å². The molecule has 4 N–H and O–H groups in total. The zero-order valence-electron chi connectivity index (χ0n) is 17.7. The smallest absolute Gasteiger partial charge is 0.356 e. The molecular formula is C22H27N5O4+2. The fourth-order valence-electron chi connectivity index (χ4n) is 3.92. The van der Waals surface area contributed by atoms with E-state index >= 15 is 0 Å². The van der Waals surface area contributed by atoms with E-state index in [1.165, 1.54) is 12.0 Å². The second-order valence-corrected chi connectivity index (χ2v) is 7.49. The minimum Gasteiger partial charge on any atom is -0.497 e. The maximum atomic E-state index is 12.8. The number of aromatic nitrogens is 2. The molecule has 162 valence electrons. The van der Waals surface area contributed by atoms with Crippen LogP contribution in [-0.4, -0.2) is 63.8 Å². The van der Waals surface area contributed by atoms with E-state index in [1.54, 1.807) is 19.2 Å². The van der Waals surface area contributed by atoms with Gasteiger partial charge in [-0.25, -0.2) is 9.78 Å². The van der Waals surface area contributed by atoms with Crippen LogP contribution in [0.25, 0.3) is 10.9 Å². The summed E-state index contributed by atoms with van der Waals surface area (Å²) in [5.41, 5.74) is 1.35. The number of carbonyl (C=O) groups excluding carboxylic acids is 2. The van der Waals surface area contributed by atoms with Gasteiger partial charge in [0.15, 0.2) is 6.54 Å². The predicted molar refractivity (Wildman–Crippen MR) is 116 cm³/mol. The highest BCUT2D eigenvalue weighted by molar-refractivity contribution is 6.11. The highest BCUT2D eigenvalue weighted by Gasteiger charge is 2.28. The third-order valence-corrected chi connectivity index (χ3v) is 5.57. The molecule has 3 heterocycles. The molecule has 1 aromatic carbocycles. The van der Waals surface area contributed by atoms with Crippen molar-refractivity contribution in [3.8, 4) is 5.75 Å². The van der Waals surface area contributed by atoms with Crippen LogP contribution in [0.1, 0.15) is 10.5 Å². The van der Waals surface area contributed by atoms with Crippen molar-refractivity contribution in [3.05, 3.63) is 48.3 Å². The largest absolute Gasteiger partial charge is 0.497 e. The summed E-state index contributed by atoms with van der Waals surface area (Å²) in [5, 5.41) is 3.65. The van der Waals surface area contributed by atoms with Crippen LogP contribution in [0.4, 0.5) is 11.5 Å². The first-order valence-electron chi connectivity index (χ1n) is 10.2. The van der Waals surface area contributed by atoms with Gasteiger partial charge in [0.05, 0.1) is 31.6 Å². The van der Waals surface area contributed by atoms with E-state index in [4.69, 9.17) is 9.47 Å². The lowest BCUT2D eigenvalue weighted by atomic mass is 10.2. The molecule has 0 spiro atoms. The third kappa shape index (κ3) is 4.46. The Kier molecular flexibility index (Phi) is 6.03. The number of aromatic amines is 2.